The van der Waals surface area contributed by atoms with Gasteiger partial charge >= 0.3 is 133 Å². The van der Waals surface area contributed by atoms with E-state index in [1.165, 1.54) is 19.1 Å². The Balaban J connectivity index is 3.77. The fraction of sp³-hybridized carbons (Fsp3) is 0.273. The standard InChI is InChI=1S/C11H11O7S.Na/c1-2-11(9(12)13,10(14)15)7-4-3-5-8(6-7)19(16,17)18;/h3-5H,2H2,1H3,(H,12,13)(H,14,15)(H,16,17,18);. The molecule has 0 fully saturated rings. The van der Waals surface area contributed by atoms with Crippen LogP contribution in [0, 0.1) is 0 Å². The van der Waals surface area contributed by atoms with Crippen molar-refractivity contribution in [3.8, 4) is 0 Å². The van der Waals surface area contributed by atoms with E-state index in [-0.39, 0.29) is 42.7 Å². The Hall–Kier alpha value is -0.930. The van der Waals surface area contributed by atoms with Gasteiger partial charge < -0.3 is 0 Å². The van der Waals surface area contributed by atoms with Gasteiger partial charge in [-0.15, -0.1) is 0 Å². The molecule has 0 aromatic heterocycles. The molecule has 1 aromatic carbocycles. The van der Waals surface area contributed by atoms with Crippen LogP contribution >= 0.6 is 0 Å². The molecule has 0 spiro atoms. The molecule has 0 bridgehead atoms. The summed E-state index contributed by atoms with van der Waals surface area (Å²) in [5.41, 5.74) is -2.33. The maximum atomic E-state index is 11.4. The molecular weight excluding hydrogens is 299 g/mol. The molecule has 0 amide bonds. The molecule has 0 aliphatic rings. The predicted octanol–water partition coefficient (Wildman–Crippen LogP) is -0.456. The molecule has 0 aliphatic carbocycles. The van der Waals surface area contributed by atoms with E-state index in [0.717, 1.165) is 6.07 Å². The molecule has 3 N–H and O–H groups in total. The van der Waals surface area contributed by atoms with Gasteiger partial charge in [0.15, 0.2) is 0 Å². The molecule has 0 unspecified atom stereocenters. The molecule has 0 heterocycles. The zero-order valence-corrected chi connectivity index (χ0v) is 13.6. The number of hydrogen-bond acceptors (Lipinski definition) is 4. The van der Waals surface area contributed by atoms with Crippen LogP contribution in [0.2, 0.25) is 0 Å². The Kier molecular flexibility index (Phi) is 4.99. The first-order valence-electron chi connectivity index (χ1n) is 5.63. The van der Waals surface area contributed by atoms with Gasteiger partial charge in [0.25, 0.3) is 0 Å². The first-order chi connectivity index (χ1) is 9.09. The van der Waals surface area contributed by atoms with Crippen molar-refractivity contribution in [2.45, 2.75) is 23.7 Å². The molecule has 1 aromatic rings. The Bertz CT molecular complexity index is 651. The summed E-state index contributed by atoms with van der Waals surface area (Å²) in [6.45, 7) is 1.39. The van der Waals surface area contributed by atoms with E-state index in [2.05, 4.69) is 0 Å². The van der Waals surface area contributed by atoms with Crippen LogP contribution in [0.25, 0.3) is 0 Å². The maximum absolute atomic E-state index is 11.4. The van der Waals surface area contributed by atoms with Gasteiger partial charge in [-0.2, -0.15) is 0 Å². The Morgan fingerprint density at radius 1 is 1.25 bits per heavy atom. The van der Waals surface area contributed by atoms with Crippen LogP contribution in [-0.4, -0.2) is 63.1 Å². The minimum atomic E-state index is -4.53. The van der Waals surface area contributed by atoms with Crippen LogP contribution < -0.4 is 2.81 Å². The van der Waals surface area contributed by atoms with Gasteiger partial charge in [-0.1, -0.05) is 0 Å². The monoisotopic (exact) mass is 310 g/mol. The Labute approximate surface area is 132 Å². The number of benzene rings is 1. The third-order valence-electron chi connectivity index (χ3n) is 3.28. The van der Waals surface area contributed by atoms with Crippen LogP contribution in [0.5, 0.6) is 0 Å². The molecule has 1 rings (SSSR count). The van der Waals surface area contributed by atoms with E-state index in [1.54, 1.807) is 0 Å². The zero-order chi connectivity index (χ0) is 15.7. The van der Waals surface area contributed by atoms with Gasteiger partial charge in [-0.25, -0.2) is 0 Å². The third kappa shape index (κ3) is 2.75. The van der Waals surface area contributed by atoms with Crippen LogP contribution in [0.3, 0.4) is 0 Å². The van der Waals surface area contributed by atoms with Gasteiger partial charge in [0.05, 0.1) is 0 Å². The quantitative estimate of drug-likeness (QED) is 0.381. The summed E-state index contributed by atoms with van der Waals surface area (Å²) in [6.07, 6.45) is -0.248. The van der Waals surface area contributed by atoms with Crippen molar-refractivity contribution in [3.63, 3.8) is 0 Å². The van der Waals surface area contributed by atoms with Crippen molar-refractivity contribution in [2.75, 3.05) is 0 Å². The summed E-state index contributed by atoms with van der Waals surface area (Å²) in [7, 11) is -4.53. The summed E-state index contributed by atoms with van der Waals surface area (Å²) in [5.74, 6) is -3.14. The predicted molar refractivity (Wildman–Crippen MR) is 68.9 cm³/mol. The Morgan fingerprint density at radius 2 is 1.75 bits per heavy atom. The summed E-state index contributed by atoms with van der Waals surface area (Å²) < 4.78 is 31.6. The average molecular weight is 310 g/mol. The summed E-state index contributed by atoms with van der Waals surface area (Å²) in [6, 6.07) is 3.60. The van der Waals surface area contributed by atoms with Crippen LogP contribution in [0.4, 0.5) is 0 Å². The topological polar surface area (TPSA) is 129 Å². The second-order valence-electron chi connectivity index (χ2n) is 4.27. The molecule has 0 atom stereocenters. The number of hydrogen-bond donors (Lipinski definition) is 3. The van der Waals surface area contributed by atoms with Crippen molar-refractivity contribution in [1.29, 1.82) is 0 Å². The normalized spacial score (nSPS) is 12.2. The van der Waals surface area contributed by atoms with Crippen LogP contribution in [0.15, 0.2) is 23.1 Å². The third-order valence-corrected chi connectivity index (χ3v) is 5.72. The van der Waals surface area contributed by atoms with Gasteiger partial charge in [-0.05, 0) is 0 Å². The van der Waals surface area contributed by atoms with Gasteiger partial charge in [0.2, 0.25) is 0 Å². The summed E-state index contributed by atoms with van der Waals surface area (Å²) in [5, 5.41) is 18.6. The molecule has 0 radical (unpaired) electrons. The molecule has 104 valence electrons. The van der Waals surface area contributed by atoms with Crippen molar-refractivity contribution in [2.24, 2.45) is 0 Å². The SMILES string of the molecule is CCC(C(=O)O)(C(=O)O)c1cccc(S(=O)(=O)O)[c]1[Na]. The first-order valence-corrected chi connectivity index (χ1v) is 8.07. The number of carbonyl (C=O) groups is 2. The number of carboxylic acids is 2. The van der Waals surface area contributed by atoms with E-state index < -0.39 is 32.4 Å². The molecule has 9 heteroatoms. The van der Waals surface area contributed by atoms with Crippen molar-refractivity contribution in [1.82, 2.24) is 0 Å². The molecule has 0 aliphatic heterocycles. The summed E-state index contributed by atoms with van der Waals surface area (Å²) >= 11 is 0.0692. The van der Waals surface area contributed by atoms with Gasteiger partial charge in [-0.3, -0.25) is 0 Å². The van der Waals surface area contributed by atoms with Gasteiger partial charge in [0.1, 0.15) is 0 Å². The van der Waals surface area contributed by atoms with Crippen LogP contribution in [-0.2, 0) is 25.1 Å². The van der Waals surface area contributed by atoms with E-state index in [0.29, 0.717) is 0 Å². The minimum absolute atomic E-state index is 0.0432. The van der Waals surface area contributed by atoms with E-state index >= 15 is 0 Å². The second kappa shape index (κ2) is 5.82. The molecular formula is C11H11NaO7S. The van der Waals surface area contributed by atoms with Gasteiger partial charge in [0, 0.05) is 0 Å². The molecule has 0 saturated carbocycles. The van der Waals surface area contributed by atoms with Crippen LogP contribution in [0.1, 0.15) is 18.9 Å². The zero-order valence-electron chi connectivity index (χ0n) is 10.8. The average Bonchev–Trinajstić information content (AvgIpc) is 2.30. The number of carboxylic acid groups (broad SMARTS) is 2. The molecule has 20 heavy (non-hydrogen) atoms. The van der Waals surface area contributed by atoms with Crippen molar-refractivity contribution < 1.29 is 32.8 Å². The van der Waals surface area contributed by atoms with Crippen molar-refractivity contribution >= 4 is 52.8 Å². The number of aliphatic carboxylic acids is 2. The second-order valence-corrected chi connectivity index (χ2v) is 6.66. The fourth-order valence-corrected chi connectivity index (χ4v) is 4.45. The first kappa shape index (κ1) is 17.1. The molecule has 7 nitrogen and oxygen atoms in total. The number of rotatable bonds is 5. The Morgan fingerprint density at radius 3 is 2.10 bits per heavy atom. The van der Waals surface area contributed by atoms with E-state index in [1.807, 2.05) is 0 Å². The van der Waals surface area contributed by atoms with E-state index in [9.17, 15) is 28.2 Å². The molecule has 0 saturated heterocycles. The fourth-order valence-electron chi connectivity index (χ4n) is 2.17. The summed E-state index contributed by atoms with van der Waals surface area (Å²) in [4.78, 5) is 22.4. The van der Waals surface area contributed by atoms with E-state index in [4.69, 9.17) is 4.55 Å². The van der Waals surface area contributed by atoms with Crippen molar-refractivity contribution in [3.05, 3.63) is 23.8 Å².